The predicted octanol–water partition coefficient (Wildman–Crippen LogP) is 4.05. The van der Waals surface area contributed by atoms with E-state index in [4.69, 9.17) is 0 Å². The van der Waals surface area contributed by atoms with Crippen molar-refractivity contribution in [1.29, 1.82) is 0 Å². The van der Waals surface area contributed by atoms with Gasteiger partial charge in [-0.1, -0.05) is 20.8 Å². The number of rotatable bonds is 4. The monoisotopic (exact) mass is 289 g/mol. The van der Waals surface area contributed by atoms with Gasteiger partial charge in [-0.25, -0.2) is 0 Å². The highest BCUT2D eigenvalue weighted by Crippen LogP contribution is 2.25. The SMILES string of the molecule is CSc1ccc(NCc2cn(C)nc2C(C)(C)C)cc1. The Hall–Kier alpha value is -1.42. The Balaban J connectivity index is 2.10. The van der Waals surface area contributed by atoms with Gasteiger partial charge in [-0.15, -0.1) is 11.8 Å². The quantitative estimate of drug-likeness (QED) is 0.861. The smallest absolute Gasteiger partial charge is 0.0727 e. The van der Waals surface area contributed by atoms with Crippen LogP contribution in [0.2, 0.25) is 0 Å². The van der Waals surface area contributed by atoms with E-state index in [1.807, 2.05) is 11.7 Å². The molecular formula is C16H23N3S. The molecule has 108 valence electrons. The molecule has 0 spiro atoms. The van der Waals surface area contributed by atoms with Crippen LogP contribution in [0.4, 0.5) is 5.69 Å². The Kier molecular flexibility index (Phi) is 4.43. The predicted molar refractivity (Wildman–Crippen MR) is 87.5 cm³/mol. The van der Waals surface area contributed by atoms with Gasteiger partial charge in [-0.3, -0.25) is 4.68 Å². The maximum atomic E-state index is 4.59. The normalized spacial score (nSPS) is 11.7. The Labute approximate surface area is 125 Å². The average molecular weight is 289 g/mol. The summed E-state index contributed by atoms with van der Waals surface area (Å²) in [6.07, 6.45) is 4.19. The Morgan fingerprint density at radius 3 is 2.40 bits per heavy atom. The number of hydrogen-bond acceptors (Lipinski definition) is 3. The van der Waals surface area contributed by atoms with E-state index in [1.54, 1.807) is 11.8 Å². The van der Waals surface area contributed by atoms with Gasteiger partial charge in [0.2, 0.25) is 0 Å². The molecule has 2 aromatic rings. The number of anilines is 1. The lowest BCUT2D eigenvalue weighted by Crippen LogP contribution is -2.16. The van der Waals surface area contributed by atoms with Crippen molar-refractivity contribution in [3.05, 3.63) is 41.7 Å². The summed E-state index contributed by atoms with van der Waals surface area (Å²) >= 11 is 1.76. The lowest BCUT2D eigenvalue weighted by Gasteiger charge is -2.18. The first-order valence-corrected chi connectivity index (χ1v) is 8.03. The van der Waals surface area contributed by atoms with E-state index in [1.165, 1.54) is 10.5 Å². The maximum Gasteiger partial charge on any atom is 0.0727 e. The Morgan fingerprint density at radius 2 is 1.85 bits per heavy atom. The molecule has 4 heteroatoms. The van der Waals surface area contributed by atoms with Gasteiger partial charge in [-0.05, 0) is 30.5 Å². The molecular weight excluding hydrogens is 266 g/mol. The number of nitrogens with zero attached hydrogens (tertiary/aromatic N) is 2. The van der Waals surface area contributed by atoms with Gasteiger partial charge in [0.25, 0.3) is 0 Å². The number of aryl methyl sites for hydroxylation is 1. The molecule has 0 saturated heterocycles. The first-order valence-electron chi connectivity index (χ1n) is 6.81. The molecule has 1 N–H and O–H groups in total. The molecule has 0 aliphatic carbocycles. The molecule has 20 heavy (non-hydrogen) atoms. The van der Waals surface area contributed by atoms with Gasteiger partial charge in [0.15, 0.2) is 0 Å². The van der Waals surface area contributed by atoms with Gasteiger partial charge < -0.3 is 5.32 Å². The highest BCUT2D eigenvalue weighted by molar-refractivity contribution is 7.98. The van der Waals surface area contributed by atoms with Crippen molar-refractivity contribution in [1.82, 2.24) is 9.78 Å². The maximum absolute atomic E-state index is 4.59. The molecule has 0 radical (unpaired) electrons. The summed E-state index contributed by atoms with van der Waals surface area (Å²) in [5.41, 5.74) is 3.63. The van der Waals surface area contributed by atoms with Crippen LogP contribution in [0.15, 0.2) is 35.4 Å². The zero-order valence-corrected chi connectivity index (χ0v) is 13.7. The summed E-state index contributed by atoms with van der Waals surface area (Å²) in [5.74, 6) is 0. The Bertz CT molecular complexity index is 564. The molecule has 2 rings (SSSR count). The van der Waals surface area contributed by atoms with Crippen LogP contribution in [0.3, 0.4) is 0 Å². The van der Waals surface area contributed by atoms with Crippen molar-refractivity contribution in [2.75, 3.05) is 11.6 Å². The van der Waals surface area contributed by atoms with Crippen molar-refractivity contribution in [2.45, 2.75) is 37.6 Å². The molecule has 0 bridgehead atoms. The number of aromatic nitrogens is 2. The zero-order chi connectivity index (χ0) is 14.8. The van der Waals surface area contributed by atoms with E-state index in [0.717, 1.165) is 17.9 Å². The van der Waals surface area contributed by atoms with Crippen molar-refractivity contribution in [3.63, 3.8) is 0 Å². The van der Waals surface area contributed by atoms with E-state index in [2.05, 4.69) is 67.9 Å². The van der Waals surface area contributed by atoms with Crippen molar-refractivity contribution in [3.8, 4) is 0 Å². The number of nitrogens with one attached hydrogen (secondary N) is 1. The zero-order valence-electron chi connectivity index (χ0n) is 12.9. The molecule has 1 aromatic carbocycles. The van der Waals surface area contributed by atoms with Gasteiger partial charge in [-0.2, -0.15) is 5.10 Å². The molecule has 3 nitrogen and oxygen atoms in total. The molecule has 0 unspecified atom stereocenters. The number of hydrogen-bond donors (Lipinski definition) is 1. The molecule has 0 atom stereocenters. The van der Waals surface area contributed by atoms with Crippen molar-refractivity contribution in [2.24, 2.45) is 7.05 Å². The highest BCUT2D eigenvalue weighted by Gasteiger charge is 2.21. The fraction of sp³-hybridized carbons (Fsp3) is 0.438. The molecule has 0 saturated carbocycles. The van der Waals surface area contributed by atoms with Crippen LogP contribution in [-0.4, -0.2) is 16.0 Å². The second kappa shape index (κ2) is 5.92. The second-order valence-electron chi connectivity index (χ2n) is 6.01. The summed E-state index contributed by atoms with van der Waals surface area (Å²) < 4.78 is 1.90. The summed E-state index contributed by atoms with van der Waals surface area (Å²) in [6, 6.07) is 8.53. The third kappa shape index (κ3) is 3.57. The molecule has 0 amide bonds. The molecule has 1 aromatic heterocycles. The minimum Gasteiger partial charge on any atom is -0.381 e. The minimum absolute atomic E-state index is 0.0704. The van der Waals surface area contributed by atoms with Gasteiger partial charge in [0.05, 0.1) is 5.69 Å². The first-order chi connectivity index (χ1) is 9.40. The van der Waals surface area contributed by atoms with Gasteiger partial charge >= 0.3 is 0 Å². The topological polar surface area (TPSA) is 29.9 Å². The number of thioether (sulfide) groups is 1. The minimum atomic E-state index is 0.0704. The van der Waals surface area contributed by atoms with E-state index in [0.29, 0.717) is 0 Å². The van der Waals surface area contributed by atoms with Gasteiger partial charge in [0, 0.05) is 41.4 Å². The summed E-state index contributed by atoms with van der Waals surface area (Å²) in [4.78, 5) is 1.28. The standard InChI is InChI=1S/C16H23N3S/c1-16(2,3)15-12(11-19(4)18-15)10-17-13-6-8-14(20-5)9-7-13/h6-9,11,17H,10H2,1-5H3. The van der Waals surface area contributed by atoms with Crippen molar-refractivity contribution >= 4 is 17.4 Å². The lowest BCUT2D eigenvalue weighted by atomic mass is 9.89. The molecule has 0 fully saturated rings. The average Bonchev–Trinajstić information content (AvgIpc) is 2.78. The largest absolute Gasteiger partial charge is 0.381 e. The summed E-state index contributed by atoms with van der Waals surface area (Å²) in [5, 5.41) is 8.07. The van der Waals surface area contributed by atoms with E-state index < -0.39 is 0 Å². The molecule has 1 heterocycles. The number of benzene rings is 1. The van der Waals surface area contributed by atoms with E-state index >= 15 is 0 Å². The first kappa shape index (κ1) is 15.0. The van der Waals surface area contributed by atoms with E-state index in [-0.39, 0.29) is 5.41 Å². The van der Waals surface area contributed by atoms with Crippen LogP contribution in [0.1, 0.15) is 32.0 Å². The van der Waals surface area contributed by atoms with Crippen molar-refractivity contribution < 1.29 is 0 Å². The van der Waals surface area contributed by atoms with E-state index in [9.17, 15) is 0 Å². The highest BCUT2D eigenvalue weighted by atomic mass is 32.2. The fourth-order valence-corrected chi connectivity index (χ4v) is 2.61. The fourth-order valence-electron chi connectivity index (χ4n) is 2.20. The van der Waals surface area contributed by atoms with Crippen LogP contribution in [-0.2, 0) is 19.0 Å². The third-order valence-electron chi connectivity index (χ3n) is 3.19. The van der Waals surface area contributed by atoms with Crippen LogP contribution < -0.4 is 5.32 Å². The third-order valence-corrected chi connectivity index (χ3v) is 3.93. The van der Waals surface area contributed by atoms with Crippen LogP contribution in [0.25, 0.3) is 0 Å². The summed E-state index contributed by atoms with van der Waals surface area (Å²) in [7, 11) is 1.98. The molecule has 0 aliphatic rings. The Morgan fingerprint density at radius 1 is 1.20 bits per heavy atom. The van der Waals surface area contributed by atoms with Crippen LogP contribution in [0.5, 0.6) is 0 Å². The van der Waals surface area contributed by atoms with Crippen LogP contribution in [0, 0.1) is 0 Å². The van der Waals surface area contributed by atoms with Gasteiger partial charge in [0.1, 0.15) is 0 Å². The molecule has 0 aliphatic heterocycles. The lowest BCUT2D eigenvalue weighted by molar-refractivity contribution is 0.549. The second-order valence-corrected chi connectivity index (χ2v) is 6.89. The van der Waals surface area contributed by atoms with Crippen LogP contribution >= 0.6 is 11.8 Å². The summed E-state index contributed by atoms with van der Waals surface area (Å²) in [6.45, 7) is 7.41.